The van der Waals surface area contributed by atoms with Gasteiger partial charge in [-0.3, -0.25) is 4.79 Å². The van der Waals surface area contributed by atoms with Crippen molar-refractivity contribution in [2.45, 2.75) is 20.0 Å². The number of fused-ring (bicyclic) bond motifs is 2. The number of hydrogen-bond donors (Lipinski definition) is 1. The summed E-state index contributed by atoms with van der Waals surface area (Å²) in [5.74, 6) is -2.05. The predicted molar refractivity (Wildman–Crippen MR) is 78.0 cm³/mol. The zero-order valence-electron chi connectivity index (χ0n) is 12.0. The number of carboxylic acid groups (broad SMARTS) is 1. The van der Waals surface area contributed by atoms with Gasteiger partial charge in [-0.1, -0.05) is 30.3 Å². The van der Waals surface area contributed by atoms with Crippen molar-refractivity contribution in [3.8, 4) is 0 Å². The normalized spacial score (nSPS) is 12.5. The molecule has 2 aromatic carbocycles. The van der Waals surface area contributed by atoms with E-state index in [1.54, 1.807) is 13.0 Å². The smallest absolute Gasteiger partial charge is 0.338 e. The van der Waals surface area contributed by atoms with E-state index in [0.29, 0.717) is 18.6 Å². The van der Waals surface area contributed by atoms with Crippen LogP contribution in [0.5, 0.6) is 0 Å². The first kappa shape index (κ1) is 15.7. The van der Waals surface area contributed by atoms with Gasteiger partial charge in [0.05, 0.1) is 12.0 Å². The molecule has 1 aliphatic rings. The molecule has 0 aromatic heterocycles. The van der Waals surface area contributed by atoms with Crippen LogP contribution in [0.4, 0.5) is 4.39 Å². The van der Waals surface area contributed by atoms with Gasteiger partial charge in [-0.15, -0.1) is 0 Å². The van der Waals surface area contributed by atoms with Gasteiger partial charge < -0.3 is 9.84 Å². The third-order valence-electron chi connectivity index (χ3n) is 3.09. The summed E-state index contributed by atoms with van der Waals surface area (Å²) in [5, 5.41) is 8.42. The molecule has 114 valence electrons. The molecule has 0 amide bonds. The van der Waals surface area contributed by atoms with Crippen LogP contribution in [0.3, 0.4) is 0 Å². The molecule has 0 atom stereocenters. The molecule has 0 radical (unpaired) electrons. The number of benzene rings is 2. The van der Waals surface area contributed by atoms with Crippen molar-refractivity contribution in [3.63, 3.8) is 0 Å². The number of cyclic esters (lactones) is 1. The highest BCUT2D eigenvalue weighted by Gasteiger charge is 2.10. The SMILES string of the molecule is Cc1ccc(C(=O)O)c(F)c1.O=C1Cc2cccc(c2)CO1. The molecule has 2 aromatic rings. The second kappa shape index (κ2) is 6.85. The first-order chi connectivity index (χ1) is 10.5. The van der Waals surface area contributed by atoms with Gasteiger partial charge in [-0.2, -0.15) is 0 Å². The van der Waals surface area contributed by atoms with E-state index in [1.165, 1.54) is 12.1 Å². The number of carboxylic acids is 1. The molecule has 0 fully saturated rings. The lowest BCUT2D eigenvalue weighted by Crippen LogP contribution is -2.03. The highest BCUT2D eigenvalue weighted by Crippen LogP contribution is 2.12. The molecule has 0 unspecified atom stereocenters. The van der Waals surface area contributed by atoms with Gasteiger partial charge in [0, 0.05) is 0 Å². The minimum absolute atomic E-state index is 0.133. The fraction of sp³-hybridized carbons (Fsp3) is 0.176. The fourth-order valence-corrected chi connectivity index (χ4v) is 2.00. The van der Waals surface area contributed by atoms with Crippen LogP contribution in [0.25, 0.3) is 0 Å². The van der Waals surface area contributed by atoms with Crippen molar-refractivity contribution in [2.24, 2.45) is 0 Å². The first-order valence-corrected chi connectivity index (χ1v) is 6.68. The van der Waals surface area contributed by atoms with Crippen LogP contribution in [0.2, 0.25) is 0 Å². The van der Waals surface area contributed by atoms with E-state index >= 15 is 0 Å². The molecule has 0 aliphatic carbocycles. The standard InChI is InChI=1S/C9H8O2.C8H7FO2/c10-9-5-7-2-1-3-8(4-7)6-11-9;1-5-2-3-6(8(10)11)7(9)4-5/h1-4H,5-6H2;2-4H,1H3,(H,10,11). The maximum Gasteiger partial charge on any atom is 0.338 e. The molecule has 0 spiro atoms. The number of halogens is 1. The lowest BCUT2D eigenvalue weighted by molar-refractivity contribution is -0.143. The maximum atomic E-state index is 12.7. The molecule has 22 heavy (non-hydrogen) atoms. The monoisotopic (exact) mass is 302 g/mol. The highest BCUT2D eigenvalue weighted by molar-refractivity contribution is 5.87. The van der Waals surface area contributed by atoms with Crippen molar-refractivity contribution < 1.29 is 23.8 Å². The van der Waals surface area contributed by atoms with Crippen molar-refractivity contribution >= 4 is 11.9 Å². The molecule has 0 saturated heterocycles. The van der Waals surface area contributed by atoms with E-state index < -0.39 is 11.8 Å². The fourth-order valence-electron chi connectivity index (χ4n) is 2.00. The molecule has 5 heteroatoms. The molecule has 0 saturated carbocycles. The summed E-state index contributed by atoms with van der Waals surface area (Å²) in [7, 11) is 0. The van der Waals surface area contributed by atoms with Gasteiger partial charge in [0.2, 0.25) is 0 Å². The number of esters is 1. The summed E-state index contributed by atoms with van der Waals surface area (Å²) in [6.07, 6.45) is 0.411. The first-order valence-electron chi connectivity index (χ1n) is 6.68. The van der Waals surface area contributed by atoms with Crippen LogP contribution in [0.1, 0.15) is 27.0 Å². The predicted octanol–water partition coefficient (Wildman–Crippen LogP) is 3.12. The molecule has 1 aliphatic heterocycles. The summed E-state index contributed by atoms with van der Waals surface area (Å²) < 4.78 is 17.6. The maximum absolute atomic E-state index is 12.7. The Morgan fingerprint density at radius 2 is 1.91 bits per heavy atom. The molecule has 1 heterocycles. The molecule has 1 N–H and O–H groups in total. The second-order valence-corrected chi connectivity index (χ2v) is 4.95. The third-order valence-corrected chi connectivity index (χ3v) is 3.09. The molecule has 4 nitrogen and oxygen atoms in total. The van der Waals surface area contributed by atoms with Crippen LogP contribution < -0.4 is 0 Å². The summed E-state index contributed by atoms with van der Waals surface area (Å²) in [6, 6.07) is 11.9. The van der Waals surface area contributed by atoms with Crippen molar-refractivity contribution in [1.82, 2.24) is 0 Å². The highest BCUT2D eigenvalue weighted by atomic mass is 19.1. The minimum atomic E-state index is -1.23. The Kier molecular flexibility index (Phi) is 4.88. The number of aromatic carboxylic acids is 1. The van der Waals surface area contributed by atoms with Gasteiger partial charge in [0.15, 0.2) is 0 Å². The van der Waals surface area contributed by atoms with Gasteiger partial charge in [0.1, 0.15) is 12.4 Å². The Bertz CT molecular complexity index is 710. The van der Waals surface area contributed by atoms with Crippen molar-refractivity contribution in [1.29, 1.82) is 0 Å². The zero-order chi connectivity index (χ0) is 16.1. The van der Waals surface area contributed by atoms with E-state index in [0.717, 1.165) is 11.1 Å². The van der Waals surface area contributed by atoms with Gasteiger partial charge in [-0.25, -0.2) is 9.18 Å². The van der Waals surface area contributed by atoms with Gasteiger partial charge >= 0.3 is 11.9 Å². The van der Waals surface area contributed by atoms with E-state index in [1.807, 2.05) is 24.3 Å². The Labute approximate surface area is 127 Å². The van der Waals surface area contributed by atoms with Crippen molar-refractivity contribution in [2.75, 3.05) is 0 Å². The van der Waals surface area contributed by atoms with E-state index in [-0.39, 0.29) is 11.5 Å². The Hall–Kier alpha value is -2.69. The Morgan fingerprint density at radius 3 is 2.59 bits per heavy atom. The lowest BCUT2D eigenvalue weighted by atomic mass is 10.1. The molecule has 3 rings (SSSR count). The van der Waals surface area contributed by atoms with E-state index in [4.69, 9.17) is 9.84 Å². The topological polar surface area (TPSA) is 63.6 Å². The Morgan fingerprint density at radius 1 is 1.18 bits per heavy atom. The number of rotatable bonds is 1. The summed E-state index contributed by atoms with van der Waals surface area (Å²) >= 11 is 0. The average molecular weight is 302 g/mol. The quantitative estimate of drug-likeness (QED) is 0.822. The van der Waals surface area contributed by atoms with E-state index in [9.17, 15) is 14.0 Å². The zero-order valence-corrected chi connectivity index (χ0v) is 12.0. The summed E-state index contributed by atoms with van der Waals surface area (Å²) in [6.45, 7) is 2.13. The van der Waals surface area contributed by atoms with Crippen LogP contribution in [0, 0.1) is 12.7 Å². The number of carbonyl (C=O) groups excluding carboxylic acids is 1. The largest absolute Gasteiger partial charge is 0.478 e. The number of aryl methyl sites for hydroxylation is 1. The van der Waals surface area contributed by atoms with Crippen LogP contribution in [-0.2, 0) is 22.6 Å². The van der Waals surface area contributed by atoms with E-state index in [2.05, 4.69) is 0 Å². The van der Waals surface area contributed by atoms with Gasteiger partial charge in [-0.05, 0) is 35.7 Å². The molecular weight excluding hydrogens is 287 g/mol. The van der Waals surface area contributed by atoms with Crippen LogP contribution in [-0.4, -0.2) is 17.0 Å². The van der Waals surface area contributed by atoms with Crippen LogP contribution >= 0.6 is 0 Å². The lowest BCUT2D eigenvalue weighted by Gasteiger charge is -1.96. The average Bonchev–Trinajstić information content (AvgIpc) is 2.57. The van der Waals surface area contributed by atoms with Crippen LogP contribution in [0.15, 0.2) is 42.5 Å². The van der Waals surface area contributed by atoms with Gasteiger partial charge in [0.25, 0.3) is 0 Å². The van der Waals surface area contributed by atoms with Crippen molar-refractivity contribution in [3.05, 3.63) is 70.5 Å². The molecular formula is C17H15FO4. The number of carbonyl (C=O) groups is 2. The minimum Gasteiger partial charge on any atom is -0.478 e. The number of ether oxygens (including phenoxy) is 1. The summed E-state index contributed by atoms with van der Waals surface area (Å²) in [4.78, 5) is 21.2. The summed E-state index contributed by atoms with van der Waals surface area (Å²) in [5.41, 5.74) is 2.56. The third kappa shape index (κ3) is 4.15. The molecule has 2 bridgehead atoms. The second-order valence-electron chi connectivity index (χ2n) is 4.95. The Balaban J connectivity index is 0.000000160. The number of hydrogen-bond acceptors (Lipinski definition) is 3.